The standard InChI is InChI=1S/C24H34O/c1-21(25)13-9-6-4-2-3-5-7-10-14-22-17-19-24(20-18-22)23-15-11-8-12-16-23/h8,11-12,15-21,25H,2-7,9-10,13-14H2,1H3. The molecule has 0 aliphatic heterocycles. The van der Waals surface area contributed by atoms with Gasteiger partial charge in [-0.25, -0.2) is 0 Å². The first kappa shape index (κ1) is 19.7. The van der Waals surface area contributed by atoms with E-state index in [2.05, 4.69) is 54.6 Å². The fourth-order valence-corrected chi connectivity index (χ4v) is 3.32. The molecular formula is C24H34O. The second-order valence-corrected chi connectivity index (χ2v) is 7.28. The quantitative estimate of drug-likeness (QED) is 0.422. The van der Waals surface area contributed by atoms with Gasteiger partial charge < -0.3 is 5.11 Å². The summed E-state index contributed by atoms with van der Waals surface area (Å²) in [7, 11) is 0. The average Bonchev–Trinajstić information content (AvgIpc) is 2.64. The van der Waals surface area contributed by atoms with Gasteiger partial charge in [0.2, 0.25) is 0 Å². The molecule has 2 rings (SSSR count). The minimum Gasteiger partial charge on any atom is -0.393 e. The number of hydrogen-bond donors (Lipinski definition) is 1. The lowest BCUT2D eigenvalue weighted by Crippen LogP contribution is -1.98. The van der Waals surface area contributed by atoms with Gasteiger partial charge in [-0.1, -0.05) is 99.5 Å². The molecule has 1 nitrogen and oxygen atoms in total. The van der Waals surface area contributed by atoms with E-state index >= 15 is 0 Å². The van der Waals surface area contributed by atoms with Crippen molar-refractivity contribution in [3.05, 3.63) is 60.2 Å². The fraction of sp³-hybridized carbons (Fsp3) is 0.500. The average molecular weight is 339 g/mol. The van der Waals surface area contributed by atoms with Gasteiger partial charge in [-0.05, 0) is 42.9 Å². The topological polar surface area (TPSA) is 20.2 Å². The predicted octanol–water partition coefficient (Wildman–Crippen LogP) is 6.79. The highest BCUT2D eigenvalue weighted by atomic mass is 16.3. The van der Waals surface area contributed by atoms with E-state index in [0.717, 1.165) is 6.42 Å². The molecule has 0 fully saturated rings. The monoisotopic (exact) mass is 338 g/mol. The third-order valence-corrected chi connectivity index (χ3v) is 4.90. The molecule has 136 valence electrons. The maximum absolute atomic E-state index is 9.22. The summed E-state index contributed by atoms with van der Waals surface area (Å²) in [6.07, 6.45) is 12.5. The number of aryl methyl sites for hydroxylation is 1. The minimum atomic E-state index is -0.123. The molecule has 0 radical (unpaired) electrons. The first-order valence-electron chi connectivity index (χ1n) is 10.1. The number of rotatable bonds is 12. The lowest BCUT2D eigenvalue weighted by Gasteiger charge is -2.06. The van der Waals surface area contributed by atoms with E-state index in [9.17, 15) is 5.11 Å². The van der Waals surface area contributed by atoms with E-state index in [-0.39, 0.29) is 6.10 Å². The maximum Gasteiger partial charge on any atom is 0.0512 e. The van der Waals surface area contributed by atoms with E-state index in [4.69, 9.17) is 0 Å². The first-order valence-corrected chi connectivity index (χ1v) is 10.1. The zero-order valence-corrected chi connectivity index (χ0v) is 15.8. The van der Waals surface area contributed by atoms with Crippen molar-refractivity contribution in [3.8, 4) is 11.1 Å². The Bertz CT molecular complexity index is 556. The van der Waals surface area contributed by atoms with Crippen LogP contribution in [0, 0.1) is 0 Å². The molecule has 1 N–H and O–H groups in total. The van der Waals surface area contributed by atoms with Crippen molar-refractivity contribution in [2.45, 2.75) is 77.2 Å². The van der Waals surface area contributed by atoms with Gasteiger partial charge >= 0.3 is 0 Å². The highest BCUT2D eigenvalue weighted by molar-refractivity contribution is 5.63. The third-order valence-electron chi connectivity index (χ3n) is 4.90. The second-order valence-electron chi connectivity index (χ2n) is 7.28. The summed E-state index contributed by atoms with van der Waals surface area (Å²) in [5, 5.41) is 9.22. The Kier molecular flexibility index (Phi) is 9.36. The van der Waals surface area contributed by atoms with Gasteiger partial charge in [-0.2, -0.15) is 0 Å². The Morgan fingerprint density at radius 3 is 1.76 bits per heavy atom. The third kappa shape index (κ3) is 8.36. The van der Waals surface area contributed by atoms with Gasteiger partial charge in [0.1, 0.15) is 0 Å². The Labute approximate surface area is 154 Å². The van der Waals surface area contributed by atoms with Gasteiger partial charge in [0.25, 0.3) is 0 Å². The van der Waals surface area contributed by atoms with Crippen molar-refractivity contribution in [1.29, 1.82) is 0 Å². The Morgan fingerprint density at radius 1 is 0.640 bits per heavy atom. The molecule has 0 heterocycles. The zero-order valence-electron chi connectivity index (χ0n) is 15.8. The van der Waals surface area contributed by atoms with Crippen LogP contribution in [0.15, 0.2) is 54.6 Å². The highest BCUT2D eigenvalue weighted by Gasteiger charge is 1.99. The van der Waals surface area contributed by atoms with Crippen LogP contribution in [-0.2, 0) is 6.42 Å². The molecule has 0 saturated heterocycles. The summed E-state index contributed by atoms with van der Waals surface area (Å²) in [6, 6.07) is 19.6. The molecule has 0 aliphatic carbocycles. The summed E-state index contributed by atoms with van der Waals surface area (Å²) < 4.78 is 0. The number of aliphatic hydroxyl groups is 1. The maximum atomic E-state index is 9.22. The molecule has 2 aromatic carbocycles. The summed E-state index contributed by atoms with van der Waals surface area (Å²) in [5.41, 5.74) is 4.06. The number of hydrogen-bond acceptors (Lipinski definition) is 1. The van der Waals surface area contributed by atoms with Crippen molar-refractivity contribution in [1.82, 2.24) is 0 Å². The number of benzene rings is 2. The first-order chi connectivity index (χ1) is 12.3. The molecular weight excluding hydrogens is 304 g/mol. The SMILES string of the molecule is CC(O)CCCCCCCCCCc1ccc(-c2ccccc2)cc1. The molecule has 2 aromatic rings. The largest absolute Gasteiger partial charge is 0.393 e. The Balaban J connectivity index is 1.52. The molecule has 0 amide bonds. The second kappa shape index (κ2) is 11.9. The summed E-state index contributed by atoms with van der Waals surface area (Å²) in [4.78, 5) is 0. The Morgan fingerprint density at radius 2 is 1.16 bits per heavy atom. The summed E-state index contributed by atoms with van der Waals surface area (Å²) in [6.45, 7) is 1.88. The van der Waals surface area contributed by atoms with Crippen molar-refractivity contribution >= 4 is 0 Å². The number of aliphatic hydroxyl groups excluding tert-OH is 1. The van der Waals surface area contributed by atoms with Crippen LogP contribution in [0.1, 0.15) is 70.3 Å². The van der Waals surface area contributed by atoms with E-state index in [0.29, 0.717) is 0 Å². The van der Waals surface area contributed by atoms with Gasteiger partial charge in [0.15, 0.2) is 0 Å². The minimum absolute atomic E-state index is 0.123. The lowest BCUT2D eigenvalue weighted by molar-refractivity contribution is 0.180. The van der Waals surface area contributed by atoms with Crippen LogP contribution in [0.4, 0.5) is 0 Å². The van der Waals surface area contributed by atoms with Crippen LogP contribution in [0.3, 0.4) is 0 Å². The van der Waals surface area contributed by atoms with Crippen LogP contribution in [-0.4, -0.2) is 11.2 Å². The van der Waals surface area contributed by atoms with Crippen LogP contribution in [0.5, 0.6) is 0 Å². The van der Waals surface area contributed by atoms with Crippen molar-refractivity contribution in [2.24, 2.45) is 0 Å². The van der Waals surface area contributed by atoms with Crippen LogP contribution >= 0.6 is 0 Å². The van der Waals surface area contributed by atoms with Crippen molar-refractivity contribution < 1.29 is 5.11 Å². The van der Waals surface area contributed by atoms with Crippen LogP contribution in [0.25, 0.3) is 11.1 Å². The highest BCUT2D eigenvalue weighted by Crippen LogP contribution is 2.20. The molecule has 0 bridgehead atoms. The normalized spacial score (nSPS) is 12.2. The van der Waals surface area contributed by atoms with Crippen LogP contribution < -0.4 is 0 Å². The summed E-state index contributed by atoms with van der Waals surface area (Å²) in [5.74, 6) is 0. The van der Waals surface area contributed by atoms with E-state index < -0.39 is 0 Å². The van der Waals surface area contributed by atoms with E-state index in [1.54, 1.807) is 0 Å². The Hall–Kier alpha value is -1.60. The molecule has 0 saturated carbocycles. The molecule has 1 atom stereocenters. The predicted molar refractivity (Wildman–Crippen MR) is 109 cm³/mol. The zero-order chi connectivity index (χ0) is 17.7. The van der Waals surface area contributed by atoms with Gasteiger partial charge in [0.05, 0.1) is 6.10 Å². The van der Waals surface area contributed by atoms with Gasteiger partial charge in [-0.3, -0.25) is 0 Å². The molecule has 1 heteroatoms. The smallest absolute Gasteiger partial charge is 0.0512 e. The fourth-order valence-electron chi connectivity index (χ4n) is 3.32. The molecule has 0 spiro atoms. The molecule has 0 aliphatic rings. The van der Waals surface area contributed by atoms with Gasteiger partial charge in [-0.15, -0.1) is 0 Å². The van der Waals surface area contributed by atoms with Crippen molar-refractivity contribution in [2.75, 3.05) is 0 Å². The van der Waals surface area contributed by atoms with Crippen molar-refractivity contribution in [3.63, 3.8) is 0 Å². The number of unbranched alkanes of at least 4 members (excludes halogenated alkanes) is 7. The van der Waals surface area contributed by atoms with E-state index in [1.807, 2.05) is 6.92 Å². The van der Waals surface area contributed by atoms with Gasteiger partial charge in [0, 0.05) is 0 Å². The molecule has 0 aromatic heterocycles. The molecule has 1 unspecified atom stereocenters. The van der Waals surface area contributed by atoms with Crippen LogP contribution in [0.2, 0.25) is 0 Å². The molecule has 25 heavy (non-hydrogen) atoms. The van der Waals surface area contributed by atoms with E-state index in [1.165, 1.54) is 74.5 Å². The summed E-state index contributed by atoms with van der Waals surface area (Å²) >= 11 is 0. The lowest BCUT2D eigenvalue weighted by atomic mass is 10.0.